The first kappa shape index (κ1) is 20.8. The molecule has 1 heteroatoms. The molecule has 0 aliphatic rings. The van der Waals surface area contributed by atoms with Gasteiger partial charge in [-0.05, 0) is 94.0 Å². The summed E-state index contributed by atoms with van der Waals surface area (Å²) in [7, 11) is 0. The van der Waals surface area contributed by atoms with Gasteiger partial charge >= 0.3 is 0 Å². The highest BCUT2D eigenvalue weighted by Crippen LogP contribution is 2.51. The molecule has 0 aromatic heterocycles. The Morgan fingerprint density at radius 3 is 1.37 bits per heavy atom. The Hall–Kier alpha value is -3.58. The van der Waals surface area contributed by atoms with Gasteiger partial charge in [-0.1, -0.05) is 90.1 Å². The van der Waals surface area contributed by atoms with E-state index in [1.165, 1.54) is 59.4 Å². The lowest BCUT2D eigenvalue weighted by Gasteiger charge is -2.27. The van der Waals surface area contributed by atoms with Crippen LogP contribution < -0.4 is 0 Å². The first-order valence-electron chi connectivity index (χ1n) is 12.6. The third-order valence-corrected chi connectivity index (χ3v) is 8.04. The molecule has 0 fully saturated rings. The zero-order chi connectivity index (χ0) is 24.4. The Labute approximate surface area is 206 Å². The maximum atomic E-state index is 13.6. The van der Waals surface area contributed by atoms with Crippen molar-refractivity contribution >= 4 is 53.9 Å². The van der Waals surface area contributed by atoms with Gasteiger partial charge in [0.05, 0.1) is 0 Å². The molecule has 7 aromatic rings. The summed E-state index contributed by atoms with van der Waals surface area (Å²) in [6.07, 6.45) is 0. The quantitative estimate of drug-likeness (QED) is 0.220. The Morgan fingerprint density at radius 2 is 0.886 bits per heavy atom. The highest BCUT2D eigenvalue weighted by molar-refractivity contribution is 6.45. The molecular formula is C34H29O. The number of benzene rings is 6. The van der Waals surface area contributed by atoms with Crippen LogP contribution in [0, 0.1) is 0 Å². The molecule has 0 bridgehead atoms. The lowest BCUT2D eigenvalue weighted by Crippen LogP contribution is -2.17. The first-order chi connectivity index (χ1) is 16.5. The third kappa shape index (κ3) is 2.64. The van der Waals surface area contributed by atoms with Gasteiger partial charge in [0, 0.05) is 11.1 Å². The van der Waals surface area contributed by atoms with E-state index in [0.717, 1.165) is 16.7 Å². The zero-order valence-electron chi connectivity index (χ0n) is 21.3. The lowest BCUT2D eigenvalue weighted by atomic mass is 9.77. The monoisotopic (exact) mass is 453 g/mol. The molecular weight excluding hydrogens is 424 g/mol. The Bertz CT molecular complexity index is 1830. The largest absolute Gasteiger partial charge is 0.289 e. The number of hydrogen-bond donors (Lipinski definition) is 0. The van der Waals surface area contributed by atoms with Gasteiger partial charge in [0.1, 0.15) is 0 Å². The molecule has 0 saturated carbocycles. The van der Waals surface area contributed by atoms with E-state index in [2.05, 4.69) is 108 Å². The summed E-state index contributed by atoms with van der Waals surface area (Å²) < 4.78 is 0. The topological polar surface area (TPSA) is 19.9 Å². The minimum absolute atomic E-state index is 0.185. The van der Waals surface area contributed by atoms with Gasteiger partial charge in [0.15, 0.2) is 5.75 Å². The van der Waals surface area contributed by atoms with Crippen molar-refractivity contribution in [2.45, 2.75) is 52.4 Å². The second-order valence-electron chi connectivity index (χ2n) is 12.4. The van der Waals surface area contributed by atoms with Crippen molar-refractivity contribution in [1.82, 2.24) is 0 Å². The fourth-order valence-electron chi connectivity index (χ4n) is 6.31. The van der Waals surface area contributed by atoms with Crippen LogP contribution in [0.1, 0.15) is 52.7 Å². The normalized spacial score (nSPS) is 13.5. The number of rotatable bonds is 1. The summed E-state index contributed by atoms with van der Waals surface area (Å²) in [5.74, 6) is 0.185. The summed E-state index contributed by atoms with van der Waals surface area (Å²) >= 11 is 0. The van der Waals surface area contributed by atoms with Crippen LogP contribution in [0.5, 0.6) is 5.75 Å². The third-order valence-electron chi connectivity index (χ3n) is 8.04. The SMILES string of the molecule is CC(C)(C)c1cc(-c2cc3ccc4ccc5ccc6ccc2c2c6c5c4c32)cc(C(C)(C)C)c1[O]. The highest BCUT2D eigenvalue weighted by atomic mass is 16.3. The molecule has 0 aliphatic carbocycles. The Morgan fingerprint density at radius 1 is 0.486 bits per heavy atom. The molecule has 0 amide bonds. The summed E-state index contributed by atoms with van der Waals surface area (Å²) in [4.78, 5) is 0. The molecule has 171 valence electrons. The van der Waals surface area contributed by atoms with Crippen LogP contribution in [-0.4, -0.2) is 0 Å². The van der Waals surface area contributed by atoms with E-state index in [4.69, 9.17) is 0 Å². The minimum Gasteiger partial charge on any atom is -0.289 e. The average Bonchev–Trinajstić information content (AvgIpc) is 3.17. The molecule has 0 atom stereocenters. The van der Waals surface area contributed by atoms with Crippen molar-refractivity contribution in [3.63, 3.8) is 0 Å². The molecule has 0 N–H and O–H groups in total. The van der Waals surface area contributed by atoms with Crippen LogP contribution in [0.15, 0.2) is 66.7 Å². The smallest absolute Gasteiger partial charge is 0.186 e. The van der Waals surface area contributed by atoms with Crippen molar-refractivity contribution in [3.8, 4) is 16.9 Å². The molecule has 7 aromatic carbocycles. The molecule has 0 saturated heterocycles. The van der Waals surface area contributed by atoms with Crippen molar-refractivity contribution in [3.05, 3.63) is 77.9 Å². The zero-order valence-corrected chi connectivity index (χ0v) is 21.3. The van der Waals surface area contributed by atoms with Crippen molar-refractivity contribution in [2.75, 3.05) is 0 Å². The van der Waals surface area contributed by atoms with Crippen LogP contribution in [0.4, 0.5) is 0 Å². The maximum absolute atomic E-state index is 13.6. The van der Waals surface area contributed by atoms with Crippen LogP contribution in [0.25, 0.3) is 65.0 Å². The van der Waals surface area contributed by atoms with Gasteiger partial charge in [-0.2, -0.15) is 0 Å². The van der Waals surface area contributed by atoms with E-state index >= 15 is 0 Å². The Balaban J connectivity index is 1.68. The average molecular weight is 454 g/mol. The van der Waals surface area contributed by atoms with E-state index in [-0.39, 0.29) is 16.6 Å². The van der Waals surface area contributed by atoms with E-state index < -0.39 is 0 Å². The molecule has 1 radical (unpaired) electrons. The predicted octanol–water partition coefficient (Wildman–Crippen LogP) is 10.2. The van der Waals surface area contributed by atoms with Gasteiger partial charge in [-0.25, -0.2) is 0 Å². The second-order valence-corrected chi connectivity index (χ2v) is 12.4. The van der Waals surface area contributed by atoms with Crippen molar-refractivity contribution in [1.29, 1.82) is 0 Å². The summed E-state index contributed by atoms with van der Waals surface area (Å²) in [6, 6.07) is 24.8. The number of hydrogen-bond acceptors (Lipinski definition) is 0. The van der Waals surface area contributed by atoms with Crippen LogP contribution in [0.3, 0.4) is 0 Å². The highest BCUT2D eigenvalue weighted by Gasteiger charge is 2.29. The van der Waals surface area contributed by atoms with Crippen LogP contribution in [-0.2, 0) is 15.9 Å². The molecule has 7 rings (SSSR count). The fourth-order valence-corrected chi connectivity index (χ4v) is 6.31. The molecule has 0 unspecified atom stereocenters. The molecule has 0 aliphatic heterocycles. The summed E-state index contributed by atoms with van der Waals surface area (Å²) in [5, 5.41) is 27.0. The standard InChI is InChI=1S/C34H29O/c1-33(2,3)25-16-22(17-26(32(25)35)34(4,5)6)24-15-21-12-11-19-8-7-18-9-10-20-13-14-23(24)31-29(20)27(18)28(19)30(21)31/h7-17H,1-6H3. The first-order valence-corrected chi connectivity index (χ1v) is 12.6. The van der Waals surface area contributed by atoms with E-state index in [9.17, 15) is 5.11 Å². The van der Waals surface area contributed by atoms with Gasteiger partial charge in [0.25, 0.3) is 0 Å². The lowest BCUT2D eigenvalue weighted by molar-refractivity contribution is 0.327. The van der Waals surface area contributed by atoms with Gasteiger partial charge in [-0.3, -0.25) is 5.11 Å². The molecule has 1 nitrogen and oxygen atoms in total. The fraction of sp³-hybridized carbons (Fsp3) is 0.235. The van der Waals surface area contributed by atoms with Gasteiger partial charge in [0.2, 0.25) is 0 Å². The molecule has 35 heavy (non-hydrogen) atoms. The van der Waals surface area contributed by atoms with E-state index in [1.54, 1.807) is 0 Å². The summed E-state index contributed by atoms with van der Waals surface area (Å²) in [5.41, 5.74) is 3.69. The van der Waals surface area contributed by atoms with Crippen molar-refractivity contribution < 1.29 is 5.11 Å². The van der Waals surface area contributed by atoms with E-state index in [0.29, 0.717) is 0 Å². The minimum atomic E-state index is -0.227. The summed E-state index contributed by atoms with van der Waals surface area (Å²) in [6.45, 7) is 12.9. The maximum Gasteiger partial charge on any atom is 0.186 e. The second kappa shape index (κ2) is 6.34. The Kier molecular flexibility index (Phi) is 3.76. The van der Waals surface area contributed by atoms with Gasteiger partial charge in [-0.15, -0.1) is 0 Å². The van der Waals surface area contributed by atoms with Crippen molar-refractivity contribution in [2.24, 2.45) is 0 Å². The van der Waals surface area contributed by atoms with Crippen LogP contribution >= 0.6 is 0 Å². The molecule has 0 spiro atoms. The predicted molar refractivity (Wildman–Crippen MR) is 150 cm³/mol. The van der Waals surface area contributed by atoms with Gasteiger partial charge < -0.3 is 0 Å². The van der Waals surface area contributed by atoms with Crippen LogP contribution in [0.2, 0.25) is 0 Å². The van der Waals surface area contributed by atoms with E-state index in [1.807, 2.05) is 0 Å². The molecule has 0 heterocycles.